The first kappa shape index (κ1) is 26.4. The molecule has 0 bridgehead atoms. The van der Waals surface area contributed by atoms with Crippen molar-refractivity contribution < 1.29 is 24.5 Å². The topological polar surface area (TPSA) is 120 Å². The average molecular weight is 501 g/mol. The second kappa shape index (κ2) is 11.6. The zero-order valence-electron chi connectivity index (χ0n) is 21.1. The van der Waals surface area contributed by atoms with Gasteiger partial charge in [0.15, 0.2) is 0 Å². The normalized spacial score (nSPS) is 17.7. The number of hydrogen-bond acceptors (Lipinski definition) is 6. The first-order valence-corrected chi connectivity index (χ1v) is 12.5. The van der Waals surface area contributed by atoms with E-state index in [2.05, 4.69) is 15.8 Å². The third-order valence-corrected chi connectivity index (χ3v) is 6.47. The molecule has 2 atom stereocenters. The summed E-state index contributed by atoms with van der Waals surface area (Å²) in [6, 6.07) is 22.7. The van der Waals surface area contributed by atoms with Crippen molar-refractivity contribution >= 4 is 35.4 Å². The molecule has 192 valence electrons. The van der Waals surface area contributed by atoms with E-state index in [1.165, 1.54) is 0 Å². The second-order valence-electron chi connectivity index (χ2n) is 9.91. The number of hydrogen-bond donors (Lipinski definition) is 4. The Morgan fingerprint density at radius 1 is 1.03 bits per heavy atom. The second-order valence-corrected chi connectivity index (χ2v) is 9.91. The molecule has 0 saturated carbocycles. The molecular formula is C28H32BN3O5. The van der Waals surface area contributed by atoms with Crippen LogP contribution in [0, 0.1) is 5.92 Å². The molecule has 0 aromatic heterocycles. The zero-order chi connectivity index (χ0) is 26.4. The fourth-order valence-corrected chi connectivity index (χ4v) is 4.63. The number of fused-ring (bicyclic) bond motifs is 1. The summed E-state index contributed by atoms with van der Waals surface area (Å²) in [5.41, 5.74) is 0.577. The van der Waals surface area contributed by atoms with E-state index in [9.17, 15) is 19.6 Å². The maximum Gasteiger partial charge on any atom is 0.475 e. The van der Waals surface area contributed by atoms with E-state index in [1.54, 1.807) is 6.07 Å². The Kier molecular flexibility index (Phi) is 8.26. The maximum atomic E-state index is 13.5. The molecule has 0 radical (unpaired) electrons. The molecule has 8 nitrogen and oxygen atoms in total. The lowest BCUT2D eigenvalue weighted by atomic mass is 9.74. The van der Waals surface area contributed by atoms with Gasteiger partial charge in [0.25, 0.3) is 11.8 Å². The average Bonchev–Trinajstić information content (AvgIpc) is 3.30. The number of carbonyl (C=O) groups excluding carboxylic acids is 2. The minimum atomic E-state index is -1.71. The summed E-state index contributed by atoms with van der Waals surface area (Å²) in [5.74, 6) is -1.43. The summed E-state index contributed by atoms with van der Waals surface area (Å²) in [4.78, 5) is 32.3. The van der Waals surface area contributed by atoms with Gasteiger partial charge in [-0.2, -0.15) is 0 Å². The van der Waals surface area contributed by atoms with Crippen LogP contribution in [0.15, 0.2) is 78.0 Å². The lowest BCUT2D eigenvalue weighted by Crippen LogP contribution is -2.56. The standard InChI is InChI=1S/C28H32BN3O5/c1-19(2)15-25(29(35)36)31-27(34)28(16-20-9-4-3-5-10-20)17-22(32-37-28)18-30-26(33)24-14-8-12-21-11-6-7-13-23(21)24/h3-14,19,25,35-36H,15-18H2,1-2H3,(H,30,33)(H,31,34)/t25-,28?/m0/s1. The van der Waals surface area contributed by atoms with Crippen molar-refractivity contribution in [2.75, 3.05) is 6.54 Å². The minimum absolute atomic E-state index is 0.115. The number of carbonyl (C=O) groups is 2. The smallest absolute Gasteiger partial charge is 0.426 e. The predicted molar refractivity (Wildman–Crippen MR) is 144 cm³/mol. The summed E-state index contributed by atoms with van der Waals surface area (Å²) in [6.45, 7) is 3.99. The highest BCUT2D eigenvalue weighted by Gasteiger charge is 2.48. The van der Waals surface area contributed by atoms with Crippen molar-refractivity contribution in [3.05, 3.63) is 83.9 Å². The van der Waals surface area contributed by atoms with Crippen molar-refractivity contribution in [1.29, 1.82) is 0 Å². The maximum absolute atomic E-state index is 13.5. The number of nitrogens with one attached hydrogen (secondary N) is 2. The largest absolute Gasteiger partial charge is 0.475 e. The van der Waals surface area contributed by atoms with Crippen LogP contribution >= 0.6 is 0 Å². The number of oxime groups is 1. The van der Waals surface area contributed by atoms with Crippen LogP contribution in [0.4, 0.5) is 0 Å². The fraction of sp³-hybridized carbons (Fsp3) is 0.321. The molecule has 1 heterocycles. The van der Waals surface area contributed by atoms with Crippen LogP contribution in [-0.4, -0.2) is 52.8 Å². The highest BCUT2D eigenvalue weighted by molar-refractivity contribution is 6.43. The van der Waals surface area contributed by atoms with Crippen LogP contribution in [0.25, 0.3) is 10.8 Å². The predicted octanol–water partition coefficient (Wildman–Crippen LogP) is 2.87. The fourth-order valence-electron chi connectivity index (χ4n) is 4.63. The van der Waals surface area contributed by atoms with Gasteiger partial charge in [0.1, 0.15) is 0 Å². The summed E-state index contributed by atoms with van der Waals surface area (Å²) in [6.07, 6.45) is 0.777. The molecule has 1 aliphatic rings. The van der Waals surface area contributed by atoms with E-state index >= 15 is 0 Å². The van der Waals surface area contributed by atoms with Gasteiger partial charge in [-0.05, 0) is 34.7 Å². The van der Waals surface area contributed by atoms with Gasteiger partial charge in [-0.25, -0.2) is 0 Å². The molecule has 0 aliphatic carbocycles. The summed E-state index contributed by atoms with van der Waals surface area (Å²) in [7, 11) is -1.71. The first-order chi connectivity index (χ1) is 17.8. The van der Waals surface area contributed by atoms with Crippen LogP contribution in [0.5, 0.6) is 0 Å². The molecule has 1 unspecified atom stereocenters. The van der Waals surface area contributed by atoms with Crippen LogP contribution in [-0.2, 0) is 16.1 Å². The molecular weight excluding hydrogens is 469 g/mol. The highest BCUT2D eigenvalue weighted by Crippen LogP contribution is 2.29. The van der Waals surface area contributed by atoms with Crippen LogP contribution in [0.1, 0.15) is 42.6 Å². The zero-order valence-corrected chi connectivity index (χ0v) is 21.1. The van der Waals surface area contributed by atoms with Crippen molar-refractivity contribution in [1.82, 2.24) is 10.6 Å². The highest BCUT2D eigenvalue weighted by atomic mass is 16.7. The van der Waals surface area contributed by atoms with Crippen LogP contribution in [0.2, 0.25) is 0 Å². The van der Waals surface area contributed by atoms with Gasteiger partial charge in [0.2, 0.25) is 5.60 Å². The van der Waals surface area contributed by atoms with Gasteiger partial charge >= 0.3 is 7.12 Å². The quantitative estimate of drug-likeness (QED) is 0.319. The molecule has 4 N–H and O–H groups in total. The minimum Gasteiger partial charge on any atom is -0.426 e. The van der Waals surface area contributed by atoms with Gasteiger partial charge < -0.3 is 25.5 Å². The van der Waals surface area contributed by atoms with E-state index < -0.39 is 24.6 Å². The lowest BCUT2D eigenvalue weighted by Gasteiger charge is -2.29. The molecule has 3 aromatic rings. The first-order valence-electron chi connectivity index (χ1n) is 12.5. The summed E-state index contributed by atoms with van der Waals surface area (Å²) in [5, 5.41) is 31.3. The van der Waals surface area contributed by atoms with Gasteiger partial charge in [0, 0.05) is 18.4 Å². The lowest BCUT2D eigenvalue weighted by molar-refractivity contribution is -0.144. The summed E-state index contributed by atoms with van der Waals surface area (Å²) >= 11 is 0. The number of benzene rings is 3. The Hall–Kier alpha value is -3.69. The van der Waals surface area contributed by atoms with Crippen molar-refractivity contribution in [3.8, 4) is 0 Å². The molecule has 0 saturated heterocycles. The van der Waals surface area contributed by atoms with Gasteiger partial charge in [-0.1, -0.05) is 85.7 Å². The Balaban J connectivity index is 1.48. The van der Waals surface area contributed by atoms with Crippen molar-refractivity contribution in [2.24, 2.45) is 11.1 Å². The third-order valence-electron chi connectivity index (χ3n) is 6.47. The Labute approximate surface area is 216 Å². The SMILES string of the molecule is CC(C)C[C@H](NC(=O)C1(Cc2ccccc2)CC(CNC(=O)c2cccc3ccccc23)=NO1)B(O)O. The summed E-state index contributed by atoms with van der Waals surface area (Å²) < 4.78 is 0. The van der Waals surface area contributed by atoms with E-state index in [0.29, 0.717) is 17.7 Å². The Morgan fingerprint density at radius 3 is 2.46 bits per heavy atom. The Morgan fingerprint density at radius 2 is 1.73 bits per heavy atom. The van der Waals surface area contributed by atoms with E-state index in [4.69, 9.17) is 4.84 Å². The third kappa shape index (κ3) is 6.36. The van der Waals surface area contributed by atoms with Crippen molar-refractivity contribution in [2.45, 2.75) is 44.7 Å². The van der Waals surface area contributed by atoms with E-state index in [0.717, 1.165) is 16.3 Å². The van der Waals surface area contributed by atoms with Gasteiger partial charge in [-0.3, -0.25) is 9.59 Å². The monoisotopic (exact) mass is 501 g/mol. The molecule has 0 fully saturated rings. The van der Waals surface area contributed by atoms with Crippen LogP contribution in [0.3, 0.4) is 0 Å². The molecule has 1 aliphatic heterocycles. The molecule has 9 heteroatoms. The van der Waals surface area contributed by atoms with E-state index in [1.807, 2.05) is 80.6 Å². The van der Waals surface area contributed by atoms with Gasteiger partial charge in [0.05, 0.1) is 18.2 Å². The van der Waals surface area contributed by atoms with Gasteiger partial charge in [-0.15, -0.1) is 0 Å². The van der Waals surface area contributed by atoms with E-state index in [-0.39, 0.29) is 31.2 Å². The number of amides is 2. The molecule has 4 rings (SSSR count). The molecule has 0 spiro atoms. The Bertz CT molecular complexity index is 1280. The molecule has 3 aromatic carbocycles. The van der Waals surface area contributed by atoms with Crippen molar-refractivity contribution in [3.63, 3.8) is 0 Å². The van der Waals surface area contributed by atoms with Crippen LogP contribution < -0.4 is 10.6 Å². The molecule has 37 heavy (non-hydrogen) atoms. The number of rotatable bonds is 10. The molecule has 2 amide bonds. The number of nitrogens with zero attached hydrogens (tertiary/aromatic N) is 1.